The first-order valence-corrected chi connectivity index (χ1v) is 9.23. The first-order chi connectivity index (χ1) is 12.9. The van der Waals surface area contributed by atoms with Crippen LogP contribution in [0.2, 0.25) is 0 Å². The average Bonchev–Trinajstić information content (AvgIpc) is 2.65. The minimum Gasteiger partial charge on any atom is -0.484 e. The van der Waals surface area contributed by atoms with Crippen LogP contribution in [0.5, 0.6) is 5.75 Å². The zero-order valence-corrected chi connectivity index (χ0v) is 16.5. The van der Waals surface area contributed by atoms with E-state index in [0.717, 1.165) is 16.7 Å². The number of amides is 2. The van der Waals surface area contributed by atoms with E-state index >= 15 is 0 Å². The van der Waals surface area contributed by atoms with E-state index in [4.69, 9.17) is 4.74 Å². The molecule has 0 aliphatic rings. The van der Waals surface area contributed by atoms with Crippen molar-refractivity contribution < 1.29 is 14.3 Å². The smallest absolute Gasteiger partial charge is 0.261 e. The van der Waals surface area contributed by atoms with Crippen LogP contribution in [-0.4, -0.2) is 35.9 Å². The Bertz CT molecular complexity index is 789. The highest BCUT2D eigenvalue weighted by atomic mass is 16.5. The van der Waals surface area contributed by atoms with Gasteiger partial charge in [0.2, 0.25) is 5.91 Å². The van der Waals surface area contributed by atoms with Crippen molar-refractivity contribution in [2.45, 2.75) is 40.3 Å². The summed E-state index contributed by atoms with van der Waals surface area (Å²) in [4.78, 5) is 26.8. The van der Waals surface area contributed by atoms with Gasteiger partial charge in [0, 0.05) is 13.1 Å². The molecule has 0 spiro atoms. The molecular weight excluding hydrogens is 340 g/mol. The van der Waals surface area contributed by atoms with Gasteiger partial charge < -0.3 is 15.0 Å². The molecule has 0 saturated carbocycles. The van der Waals surface area contributed by atoms with Crippen LogP contribution in [0.25, 0.3) is 0 Å². The first-order valence-electron chi connectivity index (χ1n) is 9.23. The van der Waals surface area contributed by atoms with Crippen molar-refractivity contribution in [1.82, 2.24) is 10.2 Å². The second kappa shape index (κ2) is 9.76. The topological polar surface area (TPSA) is 58.6 Å². The zero-order chi connectivity index (χ0) is 19.8. The van der Waals surface area contributed by atoms with Gasteiger partial charge in [-0.15, -0.1) is 0 Å². The lowest BCUT2D eigenvalue weighted by molar-refractivity contribution is -0.142. The molecule has 0 unspecified atom stereocenters. The summed E-state index contributed by atoms with van der Waals surface area (Å²) in [5, 5.41) is 2.79. The second-order valence-corrected chi connectivity index (χ2v) is 6.64. The summed E-state index contributed by atoms with van der Waals surface area (Å²) in [6.07, 6.45) is 0. The molecule has 0 saturated heterocycles. The van der Waals surface area contributed by atoms with E-state index in [1.54, 1.807) is 11.8 Å². The Balaban J connectivity index is 2.15. The molecule has 1 atom stereocenters. The van der Waals surface area contributed by atoms with Crippen LogP contribution < -0.4 is 10.1 Å². The summed E-state index contributed by atoms with van der Waals surface area (Å²) in [6.45, 7) is 8.31. The van der Waals surface area contributed by atoms with Crippen LogP contribution in [0.1, 0.15) is 30.5 Å². The van der Waals surface area contributed by atoms with E-state index in [-0.39, 0.29) is 18.4 Å². The number of nitrogens with one attached hydrogen (secondary N) is 1. The molecule has 27 heavy (non-hydrogen) atoms. The molecule has 2 aromatic carbocycles. The van der Waals surface area contributed by atoms with Gasteiger partial charge in [-0.25, -0.2) is 0 Å². The summed E-state index contributed by atoms with van der Waals surface area (Å²) < 4.78 is 5.71. The summed E-state index contributed by atoms with van der Waals surface area (Å²) in [5.41, 5.74) is 3.06. The van der Waals surface area contributed by atoms with Gasteiger partial charge >= 0.3 is 0 Å². The van der Waals surface area contributed by atoms with Crippen molar-refractivity contribution in [3.05, 3.63) is 65.2 Å². The molecule has 1 N–H and O–H groups in total. The van der Waals surface area contributed by atoms with Crippen molar-refractivity contribution >= 4 is 11.8 Å². The van der Waals surface area contributed by atoms with Crippen molar-refractivity contribution in [3.63, 3.8) is 0 Å². The molecule has 144 valence electrons. The quantitative estimate of drug-likeness (QED) is 0.778. The molecule has 0 aliphatic heterocycles. The lowest BCUT2D eigenvalue weighted by atomic mass is 10.1. The first kappa shape index (κ1) is 20.5. The Hall–Kier alpha value is -2.82. The number of carbonyl (C=O) groups is 2. The van der Waals surface area contributed by atoms with E-state index in [2.05, 4.69) is 5.32 Å². The van der Waals surface area contributed by atoms with E-state index in [9.17, 15) is 9.59 Å². The van der Waals surface area contributed by atoms with Crippen LogP contribution in [0.15, 0.2) is 48.5 Å². The molecule has 5 heteroatoms. The maximum Gasteiger partial charge on any atom is 0.261 e. The second-order valence-electron chi connectivity index (χ2n) is 6.64. The number of likely N-dealkylation sites (N-methyl/N-ethyl adjacent to an activating group) is 1. The third-order valence-electron chi connectivity index (χ3n) is 4.40. The van der Waals surface area contributed by atoms with E-state index in [1.165, 1.54) is 0 Å². The highest BCUT2D eigenvalue weighted by Crippen LogP contribution is 2.17. The Morgan fingerprint density at radius 1 is 1.11 bits per heavy atom. The number of carbonyl (C=O) groups excluding carboxylic acids is 2. The van der Waals surface area contributed by atoms with Gasteiger partial charge in [0.25, 0.3) is 5.91 Å². The molecule has 2 aromatic rings. The minimum atomic E-state index is -0.585. The SMILES string of the molecule is CCNC(=O)[C@H](C)N(Cc1cccc(C)c1)C(=O)COc1ccccc1C. The van der Waals surface area contributed by atoms with Gasteiger partial charge in [-0.2, -0.15) is 0 Å². The predicted octanol–water partition coefficient (Wildman–Crippen LogP) is 3.24. The fourth-order valence-corrected chi connectivity index (χ4v) is 2.85. The average molecular weight is 368 g/mol. The molecular formula is C22H28N2O3. The molecule has 0 aromatic heterocycles. The maximum absolute atomic E-state index is 12.9. The van der Waals surface area contributed by atoms with Gasteiger partial charge in [-0.1, -0.05) is 48.0 Å². The third-order valence-corrected chi connectivity index (χ3v) is 4.40. The predicted molar refractivity (Wildman–Crippen MR) is 107 cm³/mol. The summed E-state index contributed by atoms with van der Waals surface area (Å²) >= 11 is 0. The molecule has 0 heterocycles. The fraction of sp³-hybridized carbons (Fsp3) is 0.364. The largest absolute Gasteiger partial charge is 0.484 e. The fourth-order valence-electron chi connectivity index (χ4n) is 2.85. The van der Waals surface area contributed by atoms with E-state index < -0.39 is 6.04 Å². The highest BCUT2D eigenvalue weighted by molar-refractivity contribution is 5.87. The normalized spacial score (nSPS) is 11.6. The molecule has 0 bridgehead atoms. The number of rotatable bonds is 8. The number of hydrogen-bond acceptors (Lipinski definition) is 3. The zero-order valence-electron chi connectivity index (χ0n) is 16.5. The summed E-state index contributed by atoms with van der Waals surface area (Å²) in [6, 6.07) is 14.9. The third kappa shape index (κ3) is 5.84. The number of para-hydroxylation sites is 1. The minimum absolute atomic E-state index is 0.111. The molecule has 2 amide bonds. The molecule has 0 aliphatic carbocycles. The van der Waals surface area contributed by atoms with Gasteiger partial charge in [-0.05, 0) is 44.9 Å². The van der Waals surface area contributed by atoms with Gasteiger partial charge in [0.05, 0.1) is 0 Å². The lowest BCUT2D eigenvalue weighted by Gasteiger charge is -2.28. The number of aryl methyl sites for hydroxylation is 2. The van der Waals surface area contributed by atoms with Crippen LogP contribution in [0, 0.1) is 13.8 Å². The van der Waals surface area contributed by atoms with Crippen molar-refractivity contribution in [1.29, 1.82) is 0 Å². The Kier molecular flexibility index (Phi) is 7.41. The van der Waals surface area contributed by atoms with Gasteiger partial charge in [0.15, 0.2) is 6.61 Å². The van der Waals surface area contributed by atoms with Gasteiger partial charge in [0.1, 0.15) is 11.8 Å². The van der Waals surface area contributed by atoms with Crippen LogP contribution in [0.3, 0.4) is 0 Å². The summed E-state index contributed by atoms with van der Waals surface area (Å²) in [5.74, 6) is 0.278. The number of nitrogens with zero attached hydrogens (tertiary/aromatic N) is 1. The molecule has 0 radical (unpaired) electrons. The highest BCUT2D eigenvalue weighted by Gasteiger charge is 2.26. The van der Waals surface area contributed by atoms with Crippen molar-refractivity contribution in [2.75, 3.05) is 13.2 Å². The standard InChI is InChI=1S/C22H28N2O3/c1-5-23-22(26)18(4)24(14-19-11-8-9-16(2)13-19)21(25)15-27-20-12-7-6-10-17(20)3/h6-13,18H,5,14-15H2,1-4H3,(H,23,26)/t18-/m0/s1. The number of hydrogen-bond donors (Lipinski definition) is 1. The number of benzene rings is 2. The molecule has 0 fully saturated rings. The Morgan fingerprint density at radius 2 is 1.85 bits per heavy atom. The van der Waals surface area contributed by atoms with Crippen LogP contribution in [0.4, 0.5) is 0 Å². The van der Waals surface area contributed by atoms with Crippen molar-refractivity contribution in [2.24, 2.45) is 0 Å². The molecule has 2 rings (SSSR count). The van der Waals surface area contributed by atoms with Crippen molar-refractivity contribution in [3.8, 4) is 5.75 Å². The maximum atomic E-state index is 12.9. The molecule has 5 nitrogen and oxygen atoms in total. The summed E-state index contributed by atoms with van der Waals surface area (Å²) in [7, 11) is 0. The van der Waals surface area contributed by atoms with Crippen LogP contribution in [-0.2, 0) is 16.1 Å². The van der Waals surface area contributed by atoms with E-state index in [0.29, 0.717) is 18.8 Å². The van der Waals surface area contributed by atoms with Crippen LogP contribution >= 0.6 is 0 Å². The van der Waals surface area contributed by atoms with Gasteiger partial charge in [-0.3, -0.25) is 9.59 Å². The lowest BCUT2D eigenvalue weighted by Crippen LogP contribution is -2.49. The van der Waals surface area contributed by atoms with E-state index in [1.807, 2.05) is 69.3 Å². The Morgan fingerprint density at radius 3 is 2.52 bits per heavy atom. The Labute approximate surface area is 161 Å². The monoisotopic (exact) mass is 368 g/mol. The number of ether oxygens (including phenoxy) is 1.